The van der Waals surface area contributed by atoms with Crippen molar-refractivity contribution in [3.05, 3.63) is 70.8 Å². The molecule has 0 rings (SSSR count). The van der Waals surface area contributed by atoms with Gasteiger partial charge in [-0.3, -0.25) is 0 Å². The van der Waals surface area contributed by atoms with Crippen LogP contribution in [0.25, 0.3) is 0 Å². The smallest absolute Gasteiger partial charge is 0.294 e. The Labute approximate surface area is 192 Å². The van der Waals surface area contributed by atoms with Crippen molar-refractivity contribution in [3.8, 4) is 0 Å². The maximum absolute atomic E-state index is 10.1. The first-order valence-corrected chi connectivity index (χ1v) is 8.03. The molecule has 0 aromatic carbocycles. The third-order valence-corrected chi connectivity index (χ3v) is 2.87. The predicted octanol–water partition coefficient (Wildman–Crippen LogP) is -2.21. The van der Waals surface area contributed by atoms with E-state index in [0.29, 0.717) is 0 Å². The summed E-state index contributed by atoms with van der Waals surface area (Å²) in [7, 11) is 0. The molecule has 0 saturated carbocycles. The predicted molar refractivity (Wildman–Crippen MR) is 92.0 cm³/mol. The van der Waals surface area contributed by atoms with Crippen molar-refractivity contribution in [2.75, 3.05) is 39.6 Å². The Balaban J connectivity index is 0. The van der Waals surface area contributed by atoms with Crippen molar-refractivity contribution in [2.45, 2.75) is 6.10 Å². The minimum atomic E-state index is -2.03. The molecule has 0 saturated heterocycles. The van der Waals surface area contributed by atoms with E-state index in [1.165, 1.54) is 0 Å². The third kappa shape index (κ3) is 20.3. The molecular weight excluding hydrogens is 530 g/mol. The summed E-state index contributed by atoms with van der Waals surface area (Å²) in [6.07, 6.45) is -1.55. The van der Waals surface area contributed by atoms with Gasteiger partial charge < -0.3 is 33.9 Å². The highest BCUT2D eigenvalue weighted by atomic mass is 17.0. The summed E-state index contributed by atoms with van der Waals surface area (Å²) in [5.74, 6) is 0. The van der Waals surface area contributed by atoms with Gasteiger partial charge in [-0.2, -0.15) is 0 Å². The fraction of sp³-hybridized carbons (Fsp3) is 1.00. The number of rotatable bonds is 20. The van der Waals surface area contributed by atoms with Crippen molar-refractivity contribution in [1.29, 1.82) is 0 Å². The second-order valence-electron chi connectivity index (χ2n) is 5.48. The second kappa shape index (κ2) is 17.0. The van der Waals surface area contributed by atoms with E-state index in [2.05, 4.69) is 33.9 Å². The lowest BCUT2D eigenvalue weighted by molar-refractivity contribution is -0.803. The Hall–Kier alpha value is -5.60. The van der Waals surface area contributed by atoms with Gasteiger partial charge in [0.2, 0.25) is 0 Å². The van der Waals surface area contributed by atoms with Crippen molar-refractivity contribution < 1.29 is 69.5 Å². The Morgan fingerprint density at radius 3 is 0.889 bits per heavy atom. The molecule has 28 heteroatoms. The van der Waals surface area contributed by atoms with Gasteiger partial charge in [-0.1, -0.05) is 0 Å². The van der Waals surface area contributed by atoms with Gasteiger partial charge in [0.15, 0.2) is 6.10 Å². The van der Waals surface area contributed by atoms with Gasteiger partial charge in [0.25, 0.3) is 35.6 Å². The van der Waals surface area contributed by atoms with Crippen molar-refractivity contribution >= 4 is 0 Å². The summed E-state index contributed by atoms with van der Waals surface area (Å²) in [6.45, 7) is -5.82. The van der Waals surface area contributed by atoms with Gasteiger partial charge in [0.05, 0.1) is 5.41 Å². The van der Waals surface area contributed by atoms with Crippen LogP contribution in [0.2, 0.25) is 0 Å². The molecule has 0 aliphatic carbocycles. The SMILES string of the molecule is O=[N+]([O-])OCC(CO[N+](=O)[O-])(CO[N+](=O)[O-])CO[N+](=O)[O-].O=[N+]([O-])OCC(CO[N+](=O)[O-])O[N+](=O)[O-]. The van der Waals surface area contributed by atoms with Crippen molar-refractivity contribution in [3.63, 3.8) is 0 Å². The number of hydrogen-bond acceptors (Lipinski definition) is 21. The van der Waals surface area contributed by atoms with Gasteiger partial charge in [-0.15, -0.1) is 70.8 Å². The molecule has 0 aliphatic rings. The first-order valence-electron chi connectivity index (χ1n) is 8.03. The van der Waals surface area contributed by atoms with Crippen LogP contribution in [-0.2, 0) is 33.9 Å². The zero-order valence-electron chi connectivity index (χ0n) is 17.0. The van der Waals surface area contributed by atoms with Gasteiger partial charge in [0, 0.05) is 0 Å². The Morgan fingerprint density at radius 1 is 0.444 bits per heavy atom. The van der Waals surface area contributed by atoms with Gasteiger partial charge >= 0.3 is 0 Å². The average molecular weight is 543 g/mol. The van der Waals surface area contributed by atoms with Crippen LogP contribution in [0.1, 0.15) is 0 Å². The maximum atomic E-state index is 10.1. The molecule has 0 unspecified atom stereocenters. The van der Waals surface area contributed by atoms with Crippen LogP contribution in [0.3, 0.4) is 0 Å². The molecule has 0 fully saturated rings. The van der Waals surface area contributed by atoms with E-state index < -0.39 is 86.8 Å². The summed E-state index contributed by atoms with van der Waals surface area (Å²) in [5.41, 5.74) is -2.03. The molecular formula is C8H13N7O21. The van der Waals surface area contributed by atoms with Crippen molar-refractivity contribution in [1.82, 2.24) is 0 Å². The fourth-order valence-corrected chi connectivity index (χ4v) is 1.53. The fourth-order valence-electron chi connectivity index (χ4n) is 1.53. The summed E-state index contributed by atoms with van der Waals surface area (Å²) in [5, 5.41) is 60.8. The molecule has 0 aromatic rings. The van der Waals surface area contributed by atoms with E-state index in [1.807, 2.05) is 0 Å². The summed E-state index contributed by atoms with van der Waals surface area (Å²) in [4.78, 5) is 96.7. The largest absolute Gasteiger partial charge is 0.313 e. The highest BCUT2D eigenvalue weighted by Crippen LogP contribution is 2.21. The molecule has 0 bridgehead atoms. The lowest BCUT2D eigenvalue weighted by atomic mass is 9.92. The minimum absolute atomic E-state index is 0.845. The normalized spacial score (nSPS) is 9.92. The average Bonchev–Trinajstić information content (AvgIpc) is 2.74. The molecule has 36 heavy (non-hydrogen) atoms. The quantitative estimate of drug-likeness (QED) is 0.116. The van der Waals surface area contributed by atoms with Crippen LogP contribution in [0.4, 0.5) is 0 Å². The van der Waals surface area contributed by atoms with E-state index in [1.54, 1.807) is 0 Å². The van der Waals surface area contributed by atoms with Crippen LogP contribution in [0.15, 0.2) is 0 Å². The van der Waals surface area contributed by atoms with Crippen LogP contribution in [0, 0.1) is 76.2 Å². The molecule has 0 amide bonds. The highest BCUT2D eigenvalue weighted by Gasteiger charge is 2.37. The lowest BCUT2D eigenvalue weighted by Gasteiger charge is -2.28. The third-order valence-electron chi connectivity index (χ3n) is 2.87. The molecule has 0 N–H and O–H groups in total. The minimum Gasteiger partial charge on any atom is -0.313 e. The summed E-state index contributed by atoms with van der Waals surface area (Å²) >= 11 is 0. The van der Waals surface area contributed by atoms with E-state index in [4.69, 9.17) is 0 Å². The van der Waals surface area contributed by atoms with E-state index in [0.717, 1.165) is 0 Å². The Bertz CT molecular complexity index is 693. The van der Waals surface area contributed by atoms with Crippen LogP contribution >= 0.6 is 0 Å². The summed E-state index contributed by atoms with van der Waals surface area (Å²) in [6, 6.07) is 0. The van der Waals surface area contributed by atoms with Crippen molar-refractivity contribution in [2.24, 2.45) is 5.41 Å². The van der Waals surface area contributed by atoms with Gasteiger partial charge in [0.1, 0.15) is 39.6 Å². The van der Waals surface area contributed by atoms with Gasteiger partial charge in [-0.25, -0.2) is 0 Å². The number of nitrogens with zero attached hydrogens (tertiary/aromatic N) is 7. The van der Waals surface area contributed by atoms with Crippen LogP contribution < -0.4 is 0 Å². The molecule has 206 valence electrons. The molecule has 0 atom stereocenters. The monoisotopic (exact) mass is 543 g/mol. The van der Waals surface area contributed by atoms with Crippen LogP contribution in [-0.4, -0.2) is 81.4 Å². The standard InChI is InChI=1S/C5H8N4O12.C3H5N3O9/c10-6(11)18-1-5(2-19-7(12)13,3-20-8(14)15)4-21-9(16)17;7-4(8)13-1-3(15-6(11)12)2-14-5(9)10/h1-4H2;3H,1-2H2. The van der Waals surface area contributed by atoms with E-state index in [9.17, 15) is 70.8 Å². The van der Waals surface area contributed by atoms with E-state index in [-0.39, 0.29) is 0 Å². The molecule has 0 radical (unpaired) electrons. The Morgan fingerprint density at radius 2 is 0.694 bits per heavy atom. The lowest BCUT2D eigenvalue weighted by Crippen LogP contribution is -2.43. The van der Waals surface area contributed by atoms with Gasteiger partial charge in [-0.05, 0) is 0 Å². The topological polar surface area (TPSA) is 367 Å². The second-order valence-corrected chi connectivity index (χ2v) is 5.48. The number of hydrogen-bond donors (Lipinski definition) is 0. The first kappa shape index (κ1) is 32.6. The zero-order valence-corrected chi connectivity index (χ0v) is 17.0. The zero-order chi connectivity index (χ0) is 28.3. The van der Waals surface area contributed by atoms with Crippen LogP contribution in [0.5, 0.6) is 0 Å². The first-order chi connectivity index (χ1) is 16.6. The molecule has 0 heterocycles. The van der Waals surface area contributed by atoms with E-state index >= 15 is 0 Å². The maximum Gasteiger partial charge on any atom is 0.294 e. The Kier molecular flexibility index (Phi) is 15.3. The molecule has 28 nitrogen and oxygen atoms in total. The summed E-state index contributed by atoms with van der Waals surface area (Å²) < 4.78 is 0. The molecule has 0 spiro atoms. The highest BCUT2D eigenvalue weighted by molar-refractivity contribution is 4.77. The molecule has 0 aromatic heterocycles. The molecule has 0 aliphatic heterocycles.